The van der Waals surface area contributed by atoms with Crippen molar-refractivity contribution >= 4 is 23.0 Å². The molecular formula is C29H22F9N7O3. The number of nitrogens with zero attached hydrogens (tertiary/aromatic N) is 7. The maximum Gasteiger partial charge on any atom is 0.416 e. The van der Waals surface area contributed by atoms with Crippen LogP contribution in [-0.2, 0) is 50.5 Å². The van der Waals surface area contributed by atoms with E-state index in [9.17, 15) is 44.3 Å². The smallest absolute Gasteiger partial charge is 0.416 e. The molecule has 0 aliphatic carbocycles. The Morgan fingerprint density at radius 3 is 2.04 bits per heavy atom. The molecule has 0 bridgehead atoms. The molecule has 1 N–H and O–H groups in total. The van der Waals surface area contributed by atoms with Crippen LogP contribution in [0.25, 0.3) is 22.4 Å². The number of halogens is 9. The molecule has 0 saturated carbocycles. The molecular weight excluding hydrogens is 665 g/mol. The number of carbonyl (C=O) groups is 1. The van der Waals surface area contributed by atoms with Gasteiger partial charge in [-0.2, -0.15) is 44.3 Å². The zero-order valence-electron chi connectivity index (χ0n) is 24.6. The number of imidazole rings is 1. The molecule has 0 spiro atoms. The van der Waals surface area contributed by atoms with Crippen LogP contribution >= 0.6 is 0 Å². The first kappa shape index (κ1) is 34.0. The van der Waals surface area contributed by atoms with E-state index in [-0.39, 0.29) is 40.2 Å². The fourth-order valence-electron chi connectivity index (χ4n) is 4.99. The molecule has 0 radical (unpaired) electrons. The van der Waals surface area contributed by atoms with Crippen LogP contribution in [-0.4, -0.2) is 47.4 Å². The molecule has 5 aromatic rings. The predicted octanol–water partition coefficient (Wildman–Crippen LogP) is 6.49. The summed E-state index contributed by atoms with van der Waals surface area (Å²) in [5.41, 5.74) is -4.49. The molecule has 5 rings (SSSR count). The van der Waals surface area contributed by atoms with E-state index in [1.54, 1.807) is 6.07 Å². The number of rotatable bonds is 9. The molecule has 0 aliphatic heterocycles. The number of benzene rings is 3. The second-order valence-electron chi connectivity index (χ2n) is 10.6. The van der Waals surface area contributed by atoms with Crippen LogP contribution in [0, 0.1) is 0 Å². The number of aromatic nitrogens is 6. The minimum absolute atomic E-state index is 0.0381. The number of carboxylic acids is 1. The van der Waals surface area contributed by atoms with Crippen molar-refractivity contribution in [1.29, 1.82) is 0 Å². The first-order valence-electron chi connectivity index (χ1n) is 13.6. The van der Waals surface area contributed by atoms with Crippen molar-refractivity contribution in [1.82, 2.24) is 29.8 Å². The van der Waals surface area contributed by atoms with Gasteiger partial charge in [0.15, 0.2) is 6.61 Å². The number of carboxylic acid groups (broad SMARTS) is 1. The molecule has 10 nitrogen and oxygen atoms in total. The SMILES string of the molecule is Cn1nnc(N(Cc2cc(C(F)(F)F)cc(C(F)(F)F)c2)Cc2cc(C(F)(F)F)cc3nc(-c4cccc(OCC(=O)O)c4)n(C)c23)n1. The number of hydrogen-bond acceptors (Lipinski definition) is 7. The van der Waals surface area contributed by atoms with Gasteiger partial charge in [0, 0.05) is 25.7 Å². The Morgan fingerprint density at radius 1 is 0.854 bits per heavy atom. The van der Waals surface area contributed by atoms with Crippen LogP contribution in [0.15, 0.2) is 54.6 Å². The molecule has 0 amide bonds. The fourth-order valence-corrected chi connectivity index (χ4v) is 4.99. The van der Waals surface area contributed by atoms with Gasteiger partial charge in [0.2, 0.25) is 0 Å². The Labute approximate surface area is 264 Å². The van der Waals surface area contributed by atoms with Crippen molar-refractivity contribution in [3.05, 3.63) is 82.4 Å². The number of ether oxygens (including phenoxy) is 1. The van der Waals surface area contributed by atoms with Crippen LogP contribution in [0.1, 0.15) is 27.8 Å². The summed E-state index contributed by atoms with van der Waals surface area (Å²) in [7, 11) is 2.82. The summed E-state index contributed by atoms with van der Waals surface area (Å²) in [5.74, 6) is -1.25. The van der Waals surface area contributed by atoms with Gasteiger partial charge in [-0.25, -0.2) is 9.78 Å². The van der Waals surface area contributed by atoms with Gasteiger partial charge in [-0.05, 0) is 58.8 Å². The van der Waals surface area contributed by atoms with E-state index in [1.165, 1.54) is 36.9 Å². The highest BCUT2D eigenvalue weighted by Crippen LogP contribution is 2.38. The third kappa shape index (κ3) is 7.44. The lowest BCUT2D eigenvalue weighted by molar-refractivity contribution is -0.143. The molecule has 2 aromatic heterocycles. The summed E-state index contributed by atoms with van der Waals surface area (Å²) in [4.78, 5) is 17.3. The predicted molar refractivity (Wildman–Crippen MR) is 149 cm³/mol. The molecule has 0 saturated heterocycles. The van der Waals surface area contributed by atoms with Crippen molar-refractivity contribution in [2.75, 3.05) is 11.5 Å². The van der Waals surface area contributed by atoms with E-state index in [1.807, 2.05) is 0 Å². The Hall–Kier alpha value is -5.36. The van der Waals surface area contributed by atoms with E-state index in [2.05, 4.69) is 20.4 Å². The molecule has 19 heteroatoms. The van der Waals surface area contributed by atoms with E-state index >= 15 is 0 Å². The van der Waals surface area contributed by atoms with E-state index < -0.39 is 66.4 Å². The molecule has 3 aromatic carbocycles. The maximum atomic E-state index is 14.1. The van der Waals surface area contributed by atoms with Crippen LogP contribution in [0.4, 0.5) is 45.5 Å². The average molecular weight is 688 g/mol. The minimum atomic E-state index is -5.14. The van der Waals surface area contributed by atoms with Crippen molar-refractivity contribution in [3.63, 3.8) is 0 Å². The zero-order chi connectivity index (χ0) is 35.2. The normalized spacial score (nSPS) is 12.5. The Bertz CT molecular complexity index is 1950. The van der Waals surface area contributed by atoms with Crippen molar-refractivity contribution < 1.29 is 54.2 Å². The van der Waals surface area contributed by atoms with Gasteiger partial charge < -0.3 is 19.3 Å². The average Bonchev–Trinajstić information content (AvgIpc) is 3.57. The van der Waals surface area contributed by atoms with Gasteiger partial charge in [-0.3, -0.25) is 0 Å². The lowest BCUT2D eigenvalue weighted by Crippen LogP contribution is -2.25. The summed E-state index contributed by atoms with van der Waals surface area (Å²) in [6.45, 7) is -1.89. The van der Waals surface area contributed by atoms with Crippen LogP contribution in [0.3, 0.4) is 0 Å². The number of alkyl halides is 9. The summed E-state index contributed by atoms with van der Waals surface area (Å²) >= 11 is 0. The Kier molecular flexibility index (Phi) is 8.74. The second-order valence-corrected chi connectivity index (χ2v) is 10.6. The summed E-state index contributed by atoms with van der Waals surface area (Å²) in [6.07, 6.45) is -15.1. The van der Waals surface area contributed by atoms with Crippen molar-refractivity contribution in [2.45, 2.75) is 31.6 Å². The van der Waals surface area contributed by atoms with Gasteiger partial charge in [-0.15, -0.1) is 5.10 Å². The molecule has 0 atom stereocenters. The summed E-state index contributed by atoms with van der Waals surface area (Å²) in [6, 6.07) is 8.51. The molecule has 48 heavy (non-hydrogen) atoms. The third-order valence-corrected chi connectivity index (χ3v) is 6.99. The second kappa shape index (κ2) is 12.3. The first-order chi connectivity index (χ1) is 22.3. The number of aryl methyl sites for hydroxylation is 2. The third-order valence-electron chi connectivity index (χ3n) is 6.99. The fraction of sp³-hybridized carbons (Fsp3) is 0.276. The maximum absolute atomic E-state index is 14.1. The van der Waals surface area contributed by atoms with E-state index in [0.29, 0.717) is 17.7 Å². The largest absolute Gasteiger partial charge is 0.482 e. The molecule has 254 valence electrons. The molecule has 2 heterocycles. The topological polar surface area (TPSA) is 111 Å². The van der Waals surface area contributed by atoms with Crippen LogP contribution in [0.5, 0.6) is 5.75 Å². The first-order valence-corrected chi connectivity index (χ1v) is 13.6. The quantitative estimate of drug-likeness (QED) is 0.175. The number of tetrazole rings is 1. The van der Waals surface area contributed by atoms with E-state index in [4.69, 9.17) is 9.84 Å². The Morgan fingerprint density at radius 2 is 1.48 bits per heavy atom. The van der Waals surface area contributed by atoms with Gasteiger partial charge in [0.1, 0.15) is 11.6 Å². The number of hydrogen-bond donors (Lipinski definition) is 1. The molecule has 0 fully saturated rings. The van der Waals surface area contributed by atoms with Crippen LogP contribution < -0.4 is 9.64 Å². The van der Waals surface area contributed by atoms with Crippen LogP contribution in [0.2, 0.25) is 0 Å². The van der Waals surface area contributed by atoms with Crippen molar-refractivity contribution in [2.24, 2.45) is 14.1 Å². The molecule has 0 aliphatic rings. The minimum Gasteiger partial charge on any atom is -0.482 e. The highest BCUT2D eigenvalue weighted by molar-refractivity contribution is 5.85. The van der Waals surface area contributed by atoms with Crippen molar-refractivity contribution in [3.8, 4) is 17.1 Å². The van der Waals surface area contributed by atoms with E-state index in [0.717, 1.165) is 21.8 Å². The van der Waals surface area contributed by atoms with Gasteiger partial charge in [-0.1, -0.05) is 17.2 Å². The number of aliphatic carboxylic acids is 1. The van der Waals surface area contributed by atoms with Gasteiger partial charge >= 0.3 is 24.5 Å². The number of anilines is 1. The highest BCUT2D eigenvalue weighted by atomic mass is 19.4. The summed E-state index contributed by atoms with van der Waals surface area (Å²) in [5, 5.41) is 20.4. The zero-order valence-corrected chi connectivity index (χ0v) is 24.6. The monoisotopic (exact) mass is 687 g/mol. The number of fused-ring (bicyclic) bond motifs is 1. The summed E-state index contributed by atoms with van der Waals surface area (Å²) < 4.78 is 130. The van der Waals surface area contributed by atoms with Gasteiger partial charge in [0.25, 0.3) is 5.95 Å². The highest BCUT2D eigenvalue weighted by Gasteiger charge is 2.37. The lowest BCUT2D eigenvalue weighted by Gasteiger charge is -2.23. The Balaban J connectivity index is 1.64. The molecule has 0 unspecified atom stereocenters. The lowest BCUT2D eigenvalue weighted by atomic mass is 10.0. The van der Waals surface area contributed by atoms with Gasteiger partial charge in [0.05, 0.1) is 34.8 Å². The standard InChI is InChI=1S/C29H22F9N7O3/c1-43-24-17(8-20(29(36,37)38)11-22(24)39-25(43)16-4-3-5-21(9-16)48-14-23(46)47)13-45(26-40-42-44(2)41-26)12-15-6-18(27(30,31)32)10-19(7-15)28(33,34)35/h3-11H,12-14H2,1-2H3,(H,46,47).